The molecule has 0 spiro atoms. The molecule has 2 aliphatic rings. The van der Waals surface area contributed by atoms with Crippen molar-refractivity contribution in [3.05, 3.63) is 22.8 Å². The summed E-state index contributed by atoms with van der Waals surface area (Å²) in [5.41, 5.74) is -4.98. The average Bonchev–Trinajstić information content (AvgIpc) is 2.82. The Hall–Kier alpha value is -3.41. The van der Waals surface area contributed by atoms with Crippen LogP contribution in [-0.2, 0) is 34.7 Å². The van der Waals surface area contributed by atoms with E-state index in [0.29, 0.717) is 4.90 Å². The molecule has 3 rings (SSSR count). The fraction of sp³-hybridized carbons (Fsp3) is 0.708. The largest absolute Gasteiger partial charge is 0.465 e. The van der Waals surface area contributed by atoms with Gasteiger partial charge in [-0.1, -0.05) is 0 Å². The second kappa shape index (κ2) is 11.3. The van der Waals surface area contributed by atoms with E-state index >= 15 is 0 Å². The minimum absolute atomic E-state index is 0.511. The van der Waals surface area contributed by atoms with Gasteiger partial charge in [-0.25, -0.2) is 23.5 Å². The summed E-state index contributed by atoms with van der Waals surface area (Å²) >= 11 is 0. The Labute approximate surface area is 237 Å². The van der Waals surface area contributed by atoms with E-state index in [0.717, 1.165) is 9.80 Å². The lowest BCUT2D eigenvalue weighted by molar-refractivity contribution is -0.293. The van der Waals surface area contributed by atoms with Crippen molar-refractivity contribution in [2.75, 3.05) is 19.6 Å². The standard InChI is InChI=1S/C24H27F10N5O4/c1-20(2,3)39(19(42)43)12(9-38-11-21(25,26)6-4-15(38)40)8-16(41)37-7-5-13-14(10-37)35-18(22(27,28)24(32,33)34)36-17(13)23(29,30)31/h12H,4-11H2,1-3H3,(H,42,43)/t12-/m0/s1. The van der Waals surface area contributed by atoms with Gasteiger partial charge in [-0.3, -0.25) is 14.5 Å². The van der Waals surface area contributed by atoms with Crippen LogP contribution in [0.3, 0.4) is 0 Å². The van der Waals surface area contributed by atoms with E-state index in [-0.39, 0.29) is 0 Å². The molecule has 3 heterocycles. The lowest BCUT2D eigenvalue weighted by Gasteiger charge is -2.43. The maximum atomic E-state index is 14.1. The molecule has 1 aromatic heterocycles. The van der Waals surface area contributed by atoms with Gasteiger partial charge in [-0.2, -0.15) is 35.1 Å². The molecule has 242 valence electrons. The normalized spacial score (nSPS) is 18.8. The third kappa shape index (κ3) is 7.39. The molecule has 0 aromatic carbocycles. The number of likely N-dealkylation sites (tertiary alicyclic amines) is 1. The molecule has 0 aliphatic carbocycles. The van der Waals surface area contributed by atoms with Gasteiger partial charge in [0.25, 0.3) is 5.92 Å². The number of carbonyl (C=O) groups is 3. The van der Waals surface area contributed by atoms with Crippen LogP contribution in [0, 0.1) is 0 Å². The minimum Gasteiger partial charge on any atom is -0.465 e. The van der Waals surface area contributed by atoms with Crippen LogP contribution in [0.15, 0.2) is 0 Å². The number of amides is 3. The molecular formula is C24H27F10N5O4. The number of hydrogen-bond donors (Lipinski definition) is 1. The molecule has 0 bridgehead atoms. The molecule has 19 heteroatoms. The van der Waals surface area contributed by atoms with Crippen LogP contribution >= 0.6 is 0 Å². The average molecular weight is 639 g/mol. The molecule has 43 heavy (non-hydrogen) atoms. The lowest BCUT2D eigenvalue weighted by atomic mass is 9.98. The van der Waals surface area contributed by atoms with Crippen molar-refractivity contribution in [1.29, 1.82) is 0 Å². The monoisotopic (exact) mass is 639 g/mol. The second-order valence-electron chi connectivity index (χ2n) is 11.3. The van der Waals surface area contributed by atoms with Crippen LogP contribution < -0.4 is 0 Å². The SMILES string of the molecule is CC(C)(C)N(C(=O)O)[C@@H](CC(=O)N1CCc2c(nc(C(F)(F)C(F)(F)F)nc2C(F)(F)F)C1)CN1CC(F)(F)CCC1=O. The van der Waals surface area contributed by atoms with Crippen molar-refractivity contribution in [2.24, 2.45) is 0 Å². The number of nitrogens with zero attached hydrogens (tertiary/aromatic N) is 5. The van der Waals surface area contributed by atoms with E-state index in [1.165, 1.54) is 20.8 Å². The van der Waals surface area contributed by atoms with Gasteiger partial charge in [-0.05, 0) is 27.2 Å². The van der Waals surface area contributed by atoms with Gasteiger partial charge in [0.1, 0.15) is 0 Å². The van der Waals surface area contributed by atoms with Crippen LogP contribution in [0.4, 0.5) is 48.7 Å². The predicted molar refractivity (Wildman–Crippen MR) is 125 cm³/mol. The van der Waals surface area contributed by atoms with E-state index in [1.807, 2.05) is 0 Å². The summed E-state index contributed by atoms with van der Waals surface area (Å²) in [6, 6.07) is -1.45. The Balaban J connectivity index is 1.97. The van der Waals surface area contributed by atoms with E-state index in [1.54, 1.807) is 0 Å². The van der Waals surface area contributed by atoms with Gasteiger partial charge in [-0.15, -0.1) is 0 Å². The highest BCUT2D eigenvalue weighted by Gasteiger charge is 2.62. The van der Waals surface area contributed by atoms with Crippen molar-refractivity contribution in [3.63, 3.8) is 0 Å². The zero-order chi connectivity index (χ0) is 32.9. The third-order valence-corrected chi connectivity index (χ3v) is 6.94. The number of halogens is 10. The van der Waals surface area contributed by atoms with Gasteiger partial charge in [0, 0.05) is 43.5 Å². The van der Waals surface area contributed by atoms with Crippen molar-refractivity contribution in [2.45, 2.75) is 88.8 Å². The zero-order valence-electron chi connectivity index (χ0n) is 22.9. The third-order valence-electron chi connectivity index (χ3n) is 6.94. The smallest absolute Gasteiger partial charge is 0.461 e. The first-order valence-corrected chi connectivity index (χ1v) is 12.7. The van der Waals surface area contributed by atoms with Gasteiger partial charge >= 0.3 is 24.4 Å². The highest BCUT2D eigenvalue weighted by atomic mass is 19.4. The number of hydrogen-bond acceptors (Lipinski definition) is 5. The lowest BCUT2D eigenvalue weighted by Crippen LogP contribution is -2.58. The zero-order valence-corrected chi connectivity index (χ0v) is 22.9. The molecule has 2 aliphatic heterocycles. The van der Waals surface area contributed by atoms with Crippen molar-refractivity contribution < 1.29 is 63.4 Å². The van der Waals surface area contributed by atoms with Crippen LogP contribution in [0.2, 0.25) is 0 Å². The van der Waals surface area contributed by atoms with Gasteiger partial charge < -0.3 is 14.9 Å². The Bertz CT molecular complexity index is 1260. The number of piperidine rings is 1. The maximum absolute atomic E-state index is 14.1. The number of carbonyl (C=O) groups excluding carboxylic acids is 2. The van der Waals surface area contributed by atoms with Gasteiger partial charge in [0.05, 0.1) is 24.8 Å². The molecule has 0 saturated carbocycles. The Morgan fingerprint density at radius 3 is 2.14 bits per heavy atom. The number of carboxylic acid groups (broad SMARTS) is 1. The number of fused-ring (bicyclic) bond motifs is 1. The summed E-state index contributed by atoms with van der Waals surface area (Å²) in [5, 5.41) is 9.87. The van der Waals surface area contributed by atoms with Crippen molar-refractivity contribution in [3.8, 4) is 0 Å². The fourth-order valence-electron chi connectivity index (χ4n) is 5.02. The summed E-state index contributed by atoms with van der Waals surface area (Å²) in [6.07, 6.45) is -16.2. The molecule has 1 atom stereocenters. The van der Waals surface area contributed by atoms with Crippen LogP contribution in [0.5, 0.6) is 0 Å². The fourth-order valence-corrected chi connectivity index (χ4v) is 5.02. The Kier molecular flexibility index (Phi) is 8.93. The first-order valence-electron chi connectivity index (χ1n) is 12.7. The van der Waals surface area contributed by atoms with Crippen LogP contribution in [-0.4, -0.2) is 91.0 Å². The molecule has 3 amide bonds. The van der Waals surface area contributed by atoms with Crippen LogP contribution in [0.25, 0.3) is 0 Å². The Morgan fingerprint density at radius 1 is 1.02 bits per heavy atom. The molecular weight excluding hydrogens is 612 g/mol. The summed E-state index contributed by atoms with van der Waals surface area (Å²) in [4.78, 5) is 45.6. The maximum Gasteiger partial charge on any atom is 0.461 e. The molecule has 1 saturated heterocycles. The van der Waals surface area contributed by atoms with E-state index < -0.39 is 128 Å². The first-order chi connectivity index (χ1) is 19.3. The quantitative estimate of drug-likeness (QED) is 0.448. The van der Waals surface area contributed by atoms with E-state index in [2.05, 4.69) is 9.97 Å². The topological polar surface area (TPSA) is 107 Å². The summed E-state index contributed by atoms with van der Waals surface area (Å²) < 4.78 is 136. The molecule has 0 unspecified atom stereocenters. The highest BCUT2D eigenvalue weighted by Crippen LogP contribution is 2.44. The Morgan fingerprint density at radius 2 is 1.63 bits per heavy atom. The minimum atomic E-state index is -6.34. The summed E-state index contributed by atoms with van der Waals surface area (Å²) in [6.45, 7) is 1.07. The number of aromatic nitrogens is 2. The molecule has 0 radical (unpaired) electrons. The second-order valence-corrected chi connectivity index (χ2v) is 11.3. The molecule has 1 N–H and O–H groups in total. The van der Waals surface area contributed by atoms with Crippen molar-refractivity contribution in [1.82, 2.24) is 24.7 Å². The van der Waals surface area contributed by atoms with Gasteiger partial charge in [0.15, 0.2) is 5.69 Å². The van der Waals surface area contributed by atoms with E-state index in [9.17, 15) is 63.4 Å². The predicted octanol–water partition coefficient (Wildman–Crippen LogP) is 4.83. The van der Waals surface area contributed by atoms with E-state index in [4.69, 9.17) is 0 Å². The molecule has 1 aromatic rings. The number of alkyl halides is 10. The van der Waals surface area contributed by atoms with Crippen molar-refractivity contribution >= 4 is 17.9 Å². The summed E-state index contributed by atoms with van der Waals surface area (Å²) in [7, 11) is 0. The number of rotatable bonds is 6. The van der Waals surface area contributed by atoms with Gasteiger partial charge in [0.2, 0.25) is 17.6 Å². The molecule has 9 nitrogen and oxygen atoms in total. The first kappa shape index (κ1) is 34.1. The molecule has 1 fully saturated rings. The van der Waals surface area contributed by atoms with Crippen LogP contribution in [0.1, 0.15) is 62.8 Å². The summed E-state index contributed by atoms with van der Waals surface area (Å²) in [5.74, 6) is -13.4. The highest BCUT2D eigenvalue weighted by molar-refractivity contribution is 5.79.